The number of hydrogen-bond donors (Lipinski definition) is 4. The van der Waals surface area contributed by atoms with Crippen LogP contribution < -0.4 is 10.5 Å². The number of fused-ring (bicyclic) bond motifs is 2. The number of hydroxylamine groups is 3. The zero-order chi connectivity index (χ0) is 19.8. The van der Waals surface area contributed by atoms with Crippen molar-refractivity contribution in [1.82, 2.24) is 4.98 Å². The number of nitrogens with zero attached hydrogens (tertiary/aromatic N) is 2. The first kappa shape index (κ1) is 22.3. The molecule has 1 aromatic heterocycles. The van der Waals surface area contributed by atoms with E-state index in [-0.39, 0.29) is 28.3 Å². The van der Waals surface area contributed by atoms with Crippen LogP contribution in [0, 0.1) is 5.21 Å². The molecule has 0 aliphatic rings. The first-order valence-corrected chi connectivity index (χ1v) is 8.97. The summed E-state index contributed by atoms with van der Waals surface area (Å²) in [4.78, 5) is 4.63. The predicted octanol–water partition coefficient (Wildman–Crippen LogP) is 3.26. The van der Waals surface area contributed by atoms with Gasteiger partial charge in [-0.2, -0.15) is 9.87 Å². The Kier molecular flexibility index (Phi) is 6.50. The van der Waals surface area contributed by atoms with Gasteiger partial charge in [0.15, 0.2) is 5.69 Å². The minimum Gasteiger partial charge on any atom is -0.595 e. The number of benzene rings is 2. The van der Waals surface area contributed by atoms with Gasteiger partial charge in [-0.1, -0.05) is 24.3 Å². The van der Waals surface area contributed by atoms with Crippen LogP contribution in [0.25, 0.3) is 21.8 Å². The lowest BCUT2D eigenvalue weighted by molar-refractivity contribution is -1.11. The molecular formula is C20H28ClN4O3+. The van der Waals surface area contributed by atoms with E-state index in [1.807, 2.05) is 44.2 Å². The summed E-state index contributed by atoms with van der Waals surface area (Å²) in [5.41, 5.74) is 2.10. The topological polar surface area (TPSA) is 92.9 Å². The smallest absolute Gasteiger partial charge is 0.175 e. The van der Waals surface area contributed by atoms with Crippen molar-refractivity contribution in [3.63, 3.8) is 0 Å². The molecule has 0 fully saturated rings. The van der Waals surface area contributed by atoms with Crippen LogP contribution in [0.5, 0.6) is 0 Å². The molecule has 0 spiro atoms. The van der Waals surface area contributed by atoms with Crippen LogP contribution in [0.3, 0.4) is 0 Å². The van der Waals surface area contributed by atoms with Gasteiger partial charge in [-0.05, 0) is 26.0 Å². The van der Waals surface area contributed by atoms with Gasteiger partial charge >= 0.3 is 0 Å². The standard InChI is InChI=1S/C20H27N4O3.ClH/c1-20(2,24(3,4)27)12-13-21-19-14-8-5-6-9-15(14)22-16-10-7-11-17(18(16)19)23(25)26;/h5-11,23,25,27H,12-13H2,1-4H3,(H,21,22);1H/q+1;. The van der Waals surface area contributed by atoms with Gasteiger partial charge in [0, 0.05) is 24.4 Å². The molecule has 4 N–H and O–H groups in total. The highest BCUT2D eigenvalue weighted by atomic mass is 35.5. The fourth-order valence-corrected chi connectivity index (χ4v) is 3.07. The van der Waals surface area contributed by atoms with Crippen LogP contribution in [-0.2, 0) is 0 Å². The third kappa shape index (κ3) is 4.20. The molecule has 2 aromatic carbocycles. The molecule has 0 saturated heterocycles. The normalized spacial score (nSPS) is 13.4. The van der Waals surface area contributed by atoms with Crippen molar-refractivity contribution < 1.29 is 20.3 Å². The number of halogens is 1. The molecular weight excluding hydrogens is 380 g/mol. The number of quaternary nitrogens is 2. The van der Waals surface area contributed by atoms with Crippen LogP contribution in [0.2, 0.25) is 0 Å². The lowest BCUT2D eigenvalue weighted by Crippen LogP contribution is -2.99. The summed E-state index contributed by atoms with van der Waals surface area (Å²) < 4.78 is -0.146. The van der Waals surface area contributed by atoms with E-state index in [9.17, 15) is 15.6 Å². The van der Waals surface area contributed by atoms with E-state index < -0.39 is 5.23 Å². The Morgan fingerprint density at radius 2 is 1.75 bits per heavy atom. The van der Waals surface area contributed by atoms with Crippen molar-refractivity contribution >= 4 is 45.6 Å². The fraction of sp³-hybridized carbons (Fsp3) is 0.350. The van der Waals surface area contributed by atoms with Gasteiger partial charge < -0.3 is 10.5 Å². The molecule has 3 aromatic rings. The van der Waals surface area contributed by atoms with Crippen molar-refractivity contribution in [2.45, 2.75) is 25.8 Å². The number of nitrogens with one attached hydrogen (secondary N) is 2. The molecule has 1 heterocycles. The van der Waals surface area contributed by atoms with Gasteiger partial charge in [-0.3, -0.25) is 0 Å². The maximum atomic E-state index is 11.8. The summed E-state index contributed by atoms with van der Waals surface area (Å²) in [6, 6.07) is 12.8. The Bertz CT molecular complexity index is 971. The first-order valence-electron chi connectivity index (χ1n) is 8.97. The van der Waals surface area contributed by atoms with Crippen molar-refractivity contribution in [2.75, 3.05) is 26.0 Å². The summed E-state index contributed by atoms with van der Waals surface area (Å²) in [5, 5.41) is 35.7. The Morgan fingerprint density at radius 1 is 1.11 bits per heavy atom. The summed E-state index contributed by atoms with van der Waals surface area (Å²) in [5.74, 6) is 0. The maximum absolute atomic E-state index is 11.8. The zero-order valence-corrected chi connectivity index (χ0v) is 17.4. The quantitative estimate of drug-likeness (QED) is 0.286. The summed E-state index contributed by atoms with van der Waals surface area (Å²) >= 11 is 0. The second-order valence-electron chi connectivity index (χ2n) is 7.89. The molecule has 3 rings (SSSR count). The molecule has 0 radical (unpaired) electrons. The minimum absolute atomic E-state index is 0. The molecule has 152 valence electrons. The second kappa shape index (κ2) is 8.16. The van der Waals surface area contributed by atoms with E-state index in [1.54, 1.807) is 26.2 Å². The fourth-order valence-electron chi connectivity index (χ4n) is 3.07. The van der Waals surface area contributed by atoms with Gasteiger partial charge in [0.2, 0.25) is 0 Å². The van der Waals surface area contributed by atoms with E-state index >= 15 is 0 Å². The second-order valence-corrected chi connectivity index (χ2v) is 7.89. The average Bonchev–Trinajstić information content (AvgIpc) is 2.59. The van der Waals surface area contributed by atoms with E-state index in [0.717, 1.165) is 16.6 Å². The molecule has 0 aliphatic heterocycles. The molecule has 0 aliphatic carbocycles. The zero-order valence-electron chi connectivity index (χ0n) is 16.6. The van der Waals surface area contributed by atoms with Crippen LogP contribution in [0.4, 0.5) is 11.4 Å². The van der Waals surface area contributed by atoms with Gasteiger partial charge in [-0.15, -0.1) is 12.4 Å². The van der Waals surface area contributed by atoms with Crippen molar-refractivity contribution in [3.05, 3.63) is 47.7 Å². The molecule has 1 unspecified atom stereocenters. The van der Waals surface area contributed by atoms with Gasteiger partial charge in [0.1, 0.15) is 5.54 Å². The third-order valence-electron chi connectivity index (χ3n) is 5.46. The van der Waals surface area contributed by atoms with E-state index in [1.165, 1.54) is 0 Å². The Hall–Kier alpha value is -2.00. The van der Waals surface area contributed by atoms with Crippen LogP contribution in [0.15, 0.2) is 42.5 Å². The number of para-hydroxylation sites is 1. The van der Waals surface area contributed by atoms with Crippen LogP contribution >= 0.6 is 12.4 Å². The van der Waals surface area contributed by atoms with E-state index in [2.05, 4.69) is 10.3 Å². The number of hydrogen-bond acceptors (Lipinski definition) is 5. The predicted molar refractivity (Wildman–Crippen MR) is 113 cm³/mol. The summed E-state index contributed by atoms with van der Waals surface area (Å²) in [6.45, 7) is 4.59. The molecule has 0 bridgehead atoms. The minimum atomic E-state index is -0.978. The van der Waals surface area contributed by atoms with E-state index in [4.69, 9.17) is 0 Å². The van der Waals surface area contributed by atoms with Gasteiger partial charge in [-0.25, -0.2) is 15.4 Å². The number of anilines is 1. The van der Waals surface area contributed by atoms with Gasteiger partial charge in [0.05, 0.1) is 36.2 Å². The average molecular weight is 408 g/mol. The molecule has 8 heteroatoms. The van der Waals surface area contributed by atoms with Crippen molar-refractivity contribution in [1.29, 1.82) is 0 Å². The number of aromatic nitrogens is 1. The Balaban J connectivity index is 0.00000280. The third-order valence-corrected chi connectivity index (χ3v) is 5.46. The lowest BCUT2D eigenvalue weighted by atomic mass is 9.98. The molecule has 7 nitrogen and oxygen atoms in total. The molecule has 0 saturated carbocycles. The Labute approximate surface area is 170 Å². The first-order chi connectivity index (χ1) is 12.6. The largest absolute Gasteiger partial charge is 0.595 e. The number of rotatable bonds is 6. The lowest BCUT2D eigenvalue weighted by Gasteiger charge is -2.37. The van der Waals surface area contributed by atoms with Crippen molar-refractivity contribution in [2.24, 2.45) is 0 Å². The molecule has 0 amide bonds. The Morgan fingerprint density at radius 3 is 2.39 bits per heavy atom. The molecule has 1 atom stereocenters. The van der Waals surface area contributed by atoms with Crippen LogP contribution in [-0.4, -0.2) is 46.2 Å². The number of pyridine rings is 1. The molecule has 28 heavy (non-hydrogen) atoms. The van der Waals surface area contributed by atoms with Crippen LogP contribution in [0.1, 0.15) is 20.3 Å². The summed E-state index contributed by atoms with van der Waals surface area (Å²) in [7, 11) is 3.50. The van der Waals surface area contributed by atoms with Gasteiger partial charge in [0.25, 0.3) is 0 Å². The summed E-state index contributed by atoms with van der Waals surface area (Å²) in [6.07, 6.45) is 0.698. The van der Waals surface area contributed by atoms with E-state index in [0.29, 0.717) is 23.9 Å². The highest BCUT2D eigenvalue weighted by molar-refractivity contribution is 6.11. The highest BCUT2D eigenvalue weighted by Crippen LogP contribution is 2.34. The highest BCUT2D eigenvalue weighted by Gasteiger charge is 2.35. The monoisotopic (exact) mass is 407 g/mol. The van der Waals surface area contributed by atoms with Crippen molar-refractivity contribution in [3.8, 4) is 0 Å². The maximum Gasteiger partial charge on any atom is 0.175 e. The SMILES string of the molecule is CC(C)(CCNc1c2ccccc2nc2cccc([NH+]([O-])O)c12)[N+](C)(C)O.Cl.